The molecule has 1 fully saturated rings. The van der Waals surface area contributed by atoms with E-state index in [4.69, 9.17) is 5.73 Å². The molecule has 1 saturated carbocycles. The maximum atomic E-state index is 5.99. The lowest BCUT2D eigenvalue weighted by molar-refractivity contribution is 0.658. The Labute approximate surface area is 72.6 Å². The van der Waals surface area contributed by atoms with Crippen LogP contribution in [-0.2, 0) is 6.42 Å². The molecule has 1 aromatic rings. The molecule has 0 heterocycles. The van der Waals surface area contributed by atoms with Crippen LogP contribution in [0, 0.1) is 5.92 Å². The summed E-state index contributed by atoms with van der Waals surface area (Å²) in [5, 5.41) is 0. The van der Waals surface area contributed by atoms with E-state index in [2.05, 4.69) is 24.3 Å². The van der Waals surface area contributed by atoms with Crippen molar-refractivity contribution in [3.05, 3.63) is 35.4 Å². The predicted molar refractivity (Wildman–Crippen MR) is 49.0 cm³/mol. The number of fused-ring (bicyclic) bond motifs is 3. The van der Waals surface area contributed by atoms with Gasteiger partial charge in [0.1, 0.15) is 0 Å². The van der Waals surface area contributed by atoms with Crippen LogP contribution in [0.3, 0.4) is 0 Å². The molecule has 0 spiro atoms. The zero-order valence-corrected chi connectivity index (χ0v) is 7.03. The van der Waals surface area contributed by atoms with Gasteiger partial charge in [-0.1, -0.05) is 24.3 Å². The van der Waals surface area contributed by atoms with Crippen molar-refractivity contribution in [2.75, 3.05) is 0 Å². The van der Waals surface area contributed by atoms with Crippen LogP contribution in [0.2, 0.25) is 0 Å². The van der Waals surface area contributed by atoms with Crippen molar-refractivity contribution in [2.45, 2.75) is 24.8 Å². The van der Waals surface area contributed by atoms with Crippen LogP contribution in [0.25, 0.3) is 0 Å². The van der Waals surface area contributed by atoms with Gasteiger partial charge < -0.3 is 5.73 Å². The molecule has 1 heteroatoms. The number of hydrogen-bond acceptors (Lipinski definition) is 1. The van der Waals surface area contributed by atoms with Crippen molar-refractivity contribution in [3.63, 3.8) is 0 Å². The second-order valence-corrected chi connectivity index (χ2v) is 4.00. The van der Waals surface area contributed by atoms with E-state index in [9.17, 15) is 0 Å². The van der Waals surface area contributed by atoms with Gasteiger partial charge in [0.05, 0.1) is 0 Å². The summed E-state index contributed by atoms with van der Waals surface area (Å²) >= 11 is 0. The normalized spacial score (nSPS) is 36.9. The Morgan fingerprint density at radius 1 is 1.25 bits per heavy atom. The molecule has 62 valence electrons. The lowest BCUT2D eigenvalue weighted by Gasteiger charge is -2.13. The molecule has 0 aliphatic heterocycles. The quantitative estimate of drug-likeness (QED) is 0.612. The molecular formula is C11H13N. The van der Waals surface area contributed by atoms with Gasteiger partial charge in [-0.15, -0.1) is 0 Å². The van der Waals surface area contributed by atoms with Gasteiger partial charge in [0, 0.05) is 12.0 Å². The van der Waals surface area contributed by atoms with Crippen LogP contribution in [0.5, 0.6) is 0 Å². The molecule has 0 saturated heterocycles. The summed E-state index contributed by atoms with van der Waals surface area (Å²) in [4.78, 5) is 0. The van der Waals surface area contributed by atoms with Crippen LogP contribution in [0.1, 0.15) is 23.5 Å². The Morgan fingerprint density at radius 3 is 3.00 bits per heavy atom. The average Bonchev–Trinajstić information content (AvgIpc) is 2.78. The lowest BCUT2D eigenvalue weighted by Crippen LogP contribution is -2.02. The summed E-state index contributed by atoms with van der Waals surface area (Å²) in [6, 6.07) is 9.23. The molecule has 3 rings (SSSR count). The first-order chi connectivity index (χ1) is 5.88. The second kappa shape index (κ2) is 2.11. The summed E-state index contributed by atoms with van der Waals surface area (Å²) in [6.45, 7) is 0. The van der Waals surface area contributed by atoms with E-state index >= 15 is 0 Å². The topological polar surface area (TPSA) is 26.0 Å². The van der Waals surface area contributed by atoms with Gasteiger partial charge in [-0.2, -0.15) is 0 Å². The van der Waals surface area contributed by atoms with Gasteiger partial charge in [0.25, 0.3) is 0 Å². The molecule has 0 unspecified atom stereocenters. The molecule has 12 heavy (non-hydrogen) atoms. The van der Waals surface area contributed by atoms with Gasteiger partial charge in [-0.05, 0) is 29.9 Å². The van der Waals surface area contributed by atoms with Gasteiger partial charge in [0.15, 0.2) is 0 Å². The van der Waals surface area contributed by atoms with Crippen LogP contribution in [-0.4, -0.2) is 6.04 Å². The fourth-order valence-electron chi connectivity index (χ4n) is 2.62. The number of hydrogen-bond donors (Lipinski definition) is 1. The highest BCUT2D eigenvalue weighted by Gasteiger charge is 2.50. The maximum absolute atomic E-state index is 5.99. The highest BCUT2D eigenvalue weighted by atomic mass is 14.8. The largest absolute Gasteiger partial charge is 0.327 e. The van der Waals surface area contributed by atoms with Crippen LogP contribution >= 0.6 is 0 Å². The van der Waals surface area contributed by atoms with Crippen LogP contribution in [0.4, 0.5) is 0 Å². The molecule has 1 nitrogen and oxygen atoms in total. The van der Waals surface area contributed by atoms with Gasteiger partial charge in [0.2, 0.25) is 0 Å². The first kappa shape index (κ1) is 6.67. The standard InChI is InChI=1S/C11H13N/c12-11-9-6-5-7-3-1-2-4-8(7)10(9)11/h1-4,9-11H,5-6,12H2/t9-,10-,11+/m0/s1. The monoisotopic (exact) mass is 159 g/mol. The summed E-state index contributed by atoms with van der Waals surface area (Å²) < 4.78 is 0. The minimum absolute atomic E-state index is 0.466. The minimum Gasteiger partial charge on any atom is -0.327 e. The summed E-state index contributed by atoms with van der Waals surface area (Å²) in [5.41, 5.74) is 9.05. The zero-order valence-electron chi connectivity index (χ0n) is 7.03. The van der Waals surface area contributed by atoms with Crippen molar-refractivity contribution in [3.8, 4) is 0 Å². The maximum Gasteiger partial charge on any atom is 0.0146 e. The van der Waals surface area contributed by atoms with Gasteiger partial charge in [-0.3, -0.25) is 0 Å². The Kier molecular flexibility index (Phi) is 1.17. The molecule has 3 atom stereocenters. The Balaban J connectivity index is 2.10. The highest BCUT2D eigenvalue weighted by Crippen LogP contribution is 2.53. The van der Waals surface area contributed by atoms with E-state index < -0.39 is 0 Å². The van der Waals surface area contributed by atoms with Crippen LogP contribution < -0.4 is 5.73 Å². The smallest absolute Gasteiger partial charge is 0.0146 e. The Bertz CT molecular complexity index is 319. The molecular weight excluding hydrogens is 146 g/mol. The fourth-order valence-corrected chi connectivity index (χ4v) is 2.62. The third kappa shape index (κ3) is 0.721. The van der Waals surface area contributed by atoms with Gasteiger partial charge >= 0.3 is 0 Å². The lowest BCUT2D eigenvalue weighted by atomic mass is 9.92. The second-order valence-electron chi connectivity index (χ2n) is 4.00. The fraction of sp³-hybridized carbons (Fsp3) is 0.455. The Morgan fingerprint density at radius 2 is 2.08 bits per heavy atom. The van der Waals surface area contributed by atoms with Gasteiger partial charge in [-0.25, -0.2) is 0 Å². The third-order valence-corrected chi connectivity index (χ3v) is 3.39. The molecule has 2 aliphatic rings. The summed E-state index contributed by atoms with van der Waals surface area (Å²) in [7, 11) is 0. The van der Waals surface area contributed by atoms with E-state index in [1.165, 1.54) is 24.0 Å². The average molecular weight is 159 g/mol. The van der Waals surface area contributed by atoms with Crippen molar-refractivity contribution in [1.29, 1.82) is 0 Å². The van der Waals surface area contributed by atoms with Crippen molar-refractivity contribution in [2.24, 2.45) is 11.7 Å². The number of benzene rings is 1. The Hall–Kier alpha value is -0.820. The van der Waals surface area contributed by atoms with Crippen LogP contribution in [0.15, 0.2) is 24.3 Å². The predicted octanol–water partition coefficient (Wildman–Crippen LogP) is 1.67. The summed E-state index contributed by atoms with van der Waals surface area (Å²) in [6.07, 6.45) is 2.55. The number of nitrogens with two attached hydrogens (primary N) is 1. The molecule has 1 aromatic carbocycles. The molecule has 2 aliphatic carbocycles. The van der Waals surface area contributed by atoms with Crippen molar-refractivity contribution in [1.82, 2.24) is 0 Å². The molecule has 0 radical (unpaired) electrons. The molecule has 0 bridgehead atoms. The van der Waals surface area contributed by atoms with E-state index in [0.29, 0.717) is 12.0 Å². The first-order valence-corrected chi connectivity index (χ1v) is 4.71. The first-order valence-electron chi connectivity index (χ1n) is 4.71. The van der Waals surface area contributed by atoms with E-state index in [1.54, 1.807) is 0 Å². The number of aryl methyl sites for hydroxylation is 1. The molecule has 2 N–H and O–H groups in total. The third-order valence-electron chi connectivity index (χ3n) is 3.39. The SMILES string of the molecule is N[C@@H]1[C@H]2CCc3ccccc3[C@H]12. The highest BCUT2D eigenvalue weighted by molar-refractivity contribution is 5.40. The zero-order chi connectivity index (χ0) is 8.13. The number of rotatable bonds is 0. The van der Waals surface area contributed by atoms with Crippen molar-refractivity contribution < 1.29 is 0 Å². The van der Waals surface area contributed by atoms with E-state index in [0.717, 1.165) is 5.92 Å². The minimum atomic E-state index is 0.466. The molecule has 0 amide bonds. The van der Waals surface area contributed by atoms with Crippen molar-refractivity contribution >= 4 is 0 Å². The van der Waals surface area contributed by atoms with E-state index in [1.807, 2.05) is 0 Å². The van der Waals surface area contributed by atoms with E-state index in [-0.39, 0.29) is 0 Å². The summed E-state index contributed by atoms with van der Waals surface area (Å²) in [5.74, 6) is 1.51. The molecule has 0 aromatic heterocycles.